The van der Waals surface area contributed by atoms with Crippen molar-refractivity contribution in [2.24, 2.45) is 0 Å². The summed E-state index contributed by atoms with van der Waals surface area (Å²) in [6, 6.07) is 6.44. The van der Waals surface area contributed by atoms with Crippen molar-refractivity contribution < 1.29 is 4.39 Å². The molecule has 0 atom stereocenters. The molecule has 0 fully saturated rings. The van der Waals surface area contributed by atoms with Crippen molar-refractivity contribution in [2.45, 2.75) is 6.54 Å². The number of halogens is 1. The van der Waals surface area contributed by atoms with Gasteiger partial charge in [-0.25, -0.2) is 14.4 Å². The fraction of sp³-hybridized carbons (Fsp3) is 0.143. The Kier molecular flexibility index (Phi) is 2.97. The van der Waals surface area contributed by atoms with Crippen LogP contribution in [-0.2, 0) is 6.54 Å². The Balaban J connectivity index is 2.25. The third-order valence-corrected chi connectivity index (χ3v) is 3.02. The summed E-state index contributed by atoms with van der Waals surface area (Å²) >= 11 is 0. The van der Waals surface area contributed by atoms with Gasteiger partial charge in [0.2, 0.25) is 0 Å². The number of aromatic nitrogens is 3. The molecule has 2 N–H and O–H groups in total. The van der Waals surface area contributed by atoms with E-state index in [1.807, 2.05) is 19.3 Å². The number of hydrogen-bond acceptors (Lipinski definition) is 3. The average Bonchev–Trinajstić information content (AvgIpc) is 2.83. The molecule has 0 bridgehead atoms. The fourth-order valence-corrected chi connectivity index (χ4v) is 2.21. The van der Waals surface area contributed by atoms with Crippen LogP contribution in [0.5, 0.6) is 0 Å². The van der Waals surface area contributed by atoms with Crippen LogP contribution in [0.1, 0.15) is 5.56 Å². The number of aromatic amines is 1. The van der Waals surface area contributed by atoms with E-state index < -0.39 is 0 Å². The molecule has 0 saturated heterocycles. The summed E-state index contributed by atoms with van der Waals surface area (Å²) in [6.07, 6.45) is 3.39. The molecule has 2 heterocycles. The van der Waals surface area contributed by atoms with Crippen LogP contribution < -0.4 is 5.32 Å². The SMILES string of the molecule is CNCc1c[nH]c2ncnc(-c3cccc(F)c3)c12. The van der Waals surface area contributed by atoms with Gasteiger partial charge in [-0.05, 0) is 24.7 Å². The van der Waals surface area contributed by atoms with Crippen molar-refractivity contribution in [3.05, 3.63) is 48.2 Å². The zero-order valence-electron chi connectivity index (χ0n) is 10.4. The zero-order valence-corrected chi connectivity index (χ0v) is 10.4. The van der Waals surface area contributed by atoms with Gasteiger partial charge in [0.15, 0.2) is 0 Å². The molecular formula is C14H13FN4. The molecular weight excluding hydrogens is 243 g/mol. The molecule has 0 aliphatic heterocycles. The standard InChI is InChI=1S/C14H13FN4/c1-16-6-10-7-17-14-12(10)13(18-8-19-14)9-3-2-4-11(15)5-9/h2-5,7-8,16H,6H2,1H3,(H,17,18,19). The lowest BCUT2D eigenvalue weighted by molar-refractivity contribution is 0.628. The summed E-state index contributed by atoms with van der Waals surface area (Å²) in [5.74, 6) is -0.269. The van der Waals surface area contributed by atoms with Crippen molar-refractivity contribution in [3.63, 3.8) is 0 Å². The summed E-state index contributed by atoms with van der Waals surface area (Å²) in [4.78, 5) is 11.6. The third kappa shape index (κ3) is 2.08. The van der Waals surface area contributed by atoms with Gasteiger partial charge in [0.05, 0.1) is 5.69 Å². The van der Waals surface area contributed by atoms with Gasteiger partial charge in [-0.2, -0.15) is 0 Å². The molecule has 3 rings (SSSR count). The van der Waals surface area contributed by atoms with Crippen LogP contribution in [0.4, 0.5) is 4.39 Å². The largest absolute Gasteiger partial charge is 0.346 e. The molecule has 4 nitrogen and oxygen atoms in total. The van der Waals surface area contributed by atoms with E-state index in [4.69, 9.17) is 0 Å². The van der Waals surface area contributed by atoms with E-state index in [1.165, 1.54) is 18.5 Å². The molecule has 19 heavy (non-hydrogen) atoms. The second-order valence-corrected chi connectivity index (χ2v) is 4.30. The van der Waals surface area contributed by atoms with E-state index in [0.717, 1.165) is 27.9 Å². The topological polar surface area (TPSA) is 53.6 Å². The van der Waals surface area contributed by atoms with Crippen molar-refractivity contribution in [1.29, 1.82) is 0 Å². The molecule has 2 aromatic heterocycles. The molecule has 96 valence electrons. The number of nitrogens with one attached hydrogen (secondary N) is 2. The number of rotatable bonds is 3. The Hall–Kier alpha value is -2.27. The van der Waals surface area contributed by atoms with Crippen LogP contribution in [0.15, 0.2) is 36.8 Å². The molecule has 0 saturated carbocycles. The van der Waals surface area contributed by atoms with E-state index in [2.05, 4.69) is 20.3 Å². The summed E-state index contributed by atoms with van der Waals surface area (Å²) in [5.41, 5.74) is 3.33. The highest BCUT2D eigenvalue weighted by atomic mass is 19.1. The quantitative estimate of drug-likeness (QED) is 0.757. The number of hydrogen-bond donors (Lipinski definition) is 2. The molecule has 5 heteroatoms. The van der Waals surface area contributed by atoms with Gasteiger partial charge in [0.1, 0.15) is 17.8 Å². The lowest BCUT2D eigenvalue weighted by Crippen LogP contribution is -2.04. The molecule has 0 amide bonds. The predicted molar refractivity (Wildman–Crippen MR) is 72.0 cm³/mol. The molecule has 0 spiro atoms. The van der Waals surface area contributed by atoms with Crippen LogP contribution >= 0.6 is 0 Å². The average molecular weight is 256 g/mol. The molecule has 0 radical (unpaired) electrons. The van der Waals surface area contributed by atoms with E-state index in [-0.39, 0.29) is 5.82 Å². The van der Waals surface area contributed by atoms with Crippen LogP contribution in [0.25, 0.3) is 22.3 Å². The zero-order chi connectivity index (χ0) is 13.2. The lowest BCUT2D eigenvalue weighted by Gasteiger charge is -2.05. The second-order valence-electron chi connectivity index (χ2n) is 4.30. The highest BCUT2D eigenvalue weighted by Gasteiger charge is 2.12. The summed E-state index contributed by atoms with van der Waals surface area (Å²) in [5, 5.41) is 4.04. The van der Waals surface area contributed by atoms with Crippen molar-refractivity contribution in [3.8, 4) is 11.3 Å². The second kappa shape index (κ2) is 4.78. The Morgan fingerprint density at radius 1 is 1.32 bits per heavy atom. The van der Waals surface area contributed by atoms with E-state index in [9.17, 15) is 4.39 Å². The molecule has 0 unspecified atom stereocenters. The van der Waals surface area contributed by atoms with Crippen LogP contribution in [0.3, 0.4) is 0 Å². The van der Waals surface area contributed by atoms with Crippen LogP contribution in [0.2, 0.25) is 0 Å². The van der Waals surface area contributed by atoms with E-state index in [0.29, 0.717) is 6.54 Å². The highest BCUT2D eigenvalue weighted by Crippen LogP contribution is 2.28. The van der Waals surface area contributed by atoms with Gasteiger partial charge in [-0.1, -0.05) is 12.1 Å². The first-order chi connectivity index (χ1) is 9.29. The first kappa shape index (κ1) is 11.8. The maximum atomic E-state index is 13.4. The Labute approximate surface area is 109 Å². The van der Waals surface area contributed by atoms with Crippen molar-refractivity contribution >= 4 is 11.0 Å². The van der Waals surface area contributed by atoms with E-state index >= 15 is 0 Å². The van der Waals surface area contributed by atoms with Gasteiger partial charge >= 0.3 is 0 Å². The minimum absolute atomic E-state index is 0.269. The Morgan fingerprint density at radius 3 is 3.00 bits per heavy atom. The number of fused-ring (bicyclic) bond motifs is 1. The predicted octanol–water partition coefficient (Wildman–Crippen LogP) is 2.48. The lowest BCUT2D eigenvalue weighted by atomic mass is 10.1. The van der Waals surface area contributed by atoms with Crippen molar-refractivity contribution in [2.75, 3.05) is 7.05 Å². The number of benzene rings is 1. The highest BCUT2D eigenvalue weighted by molar-refractivity contribution is 5.93. The fourth-order valence-electron chi connectivity index (χ4n) is 2.21. The maximum Gasteiger partial charge on any atom is 0.141 e. The summed E-state index contributed by atoms with van der Waals surface area (Å²) in [6.45, 7) is 0.704. The van der Waals surface area contributed by atoms with Gasteiger partial charge in [0.25, 0.3) is 0 Å². The third-order valence-electron chi connectivity index (χ3n) is 3.02. The van der Waals surface area contributed by atoms with Crippen molar-refractivity contribution in [1.82, 2.24) is 20.3 Å². The van der Waals surface area contributed by atoms with Gasteiger partial charge in [-0.3, -0.25) is 0 Å². The molecule has 0 aliphatic rings. The summed E-state index contributed by atoms with van der Waals surface area (Å²) in [7, 11) is 1.88. The number of H-pyrrole nitrogens is 1. The number of nitrogens with zero attached hydrogens (tertiary/aromatic N) is 2. The molecule has 3 aromatic rings. The Morgan fingerprint density at radius 2 is 2.21 bits per heavy atom. The first-order valence-corrected chi connectivity index (χ1v) is 6.01. The smallest absolute Gasteiger partial charge is 0.141 e. The van der Waals surface area contributed by atoms with Gasteiger partial charge in [0, 0.05) is 23.7 Å². The monoisotopic (exact) mass is 256 g/mol. The molecule has 0 aliphatic carbocycles. The van der Waals surface area contributed by atoms with Crippen LogP contribution in [-0.4, -0.2) is 22.0 Å². The minimum Gasteiger partial charge on any atom is -0.346 e. The maximum absolute atomic E-state index is 13.4. The molecule has 1 aromatic carbocycles. The van der Waals surface area contributed by atoms with Crippen LogP contribution in [0, 0.1) is 5.82 Å². The Bertz CT molecular complexity index is 720. The summed E-state index contributed by atoms with van der Waals surface area (Å²) < 4.78 is 13.4. The van der Waals surface area contributed by atoms with Gasteiger partial charge in [-0.15, -0.1) is 0 Å². The minimum atomic E-state index is -0.269. The normalized spacial score (nSPS) is 11.1. The first-order valence-electron chi connectivity index (χ1n) is 6.01. The van der Waals surface area contributed by atoms with E-state index in [1.54, 1.807) is 6.07 Å². The van der Waals surface area contributed by atoms with Gasteiger partial charge < -0.3 is 10.3 Å².